The highest BCUT2D eigenvalue weighted by Gasteiger charge is 2.22. The molecule has 0 spiro atoms. The van der Waals surface area contributed by atoms with E-state index in [4.69, 9.17) is 5.73 Å². The molecule has 0 saturated heterocycles. The van der Waals surface area contributed by atoms with E-state index in [0.717, 1.165) is 5.69 Å². The molecule has 0 bridgehead atoms. The number of azo groups is 4. The van der Waals surface area contributed by atoms with Crippen LogP contribution in [0.4, 0.5) is 51.2 Å². The minimum absolute atomic E-state index is 0.00631. The second kappa shape index (κ2) is 13.2. The van der Waals surface area contributed by atoms with Crippen LogP contribution >= 0.6 is 0 Å². The third-order valence-corrected chi connectivity index (χ3v) is 5.72. The number of carbonyl (C=O) groups is 1. The normalized spacial score (nSPS) is 11.7. The van der Waals surface area contributed by atoms with E-state index < -0.39 is 5.97 Å². The van der Waals surface area contributed by atoms with Gasteiger partial charge in [-0.2, -0.15) is 25.6 Å². The Hall–Kier alpha value is -6.23. The zero-order valence-electron chi connectivity index (χ0n) is 22.1. The van der Waals surface area contributed by atoms with Crippen molar-refractivity contribution in [3.63, 3.8) is 0 Å². The number of anilines is 1. The highest BCUT2D eigenvalue weighted by molar-refractivity contribution is 6.04. The van der Waals surface area contributed by atoms with Crippen molar-refractivity contribution in [1.29, 1.82) is 0 Å². The first-order valence-corrected chi connectivity index (χ1v) is 12.7. The van der Waals surface area contributed by atoms with Gasteiger partial charge in [0.2, 0.25) is 0 Å². The maximum absolute atomic E-state index is 12.4. The SMILES string of the molecule is Nc1c(N=Nc2ccccc2)cc(N=Nc2ccccc2)c(C(=O)O)c1N=Nc1ccc(N=Nc2ccccc2)cc1. The van der Waals surface area contributed by atoms with Crippen LogP contribution in [0.25, 0.3) is 0 Å². The third-order valence-electron chi connectivity index (χ3n) is 5.72. The van der Waals surface area contributed by atoms with Gasteiger partial charge in [-0.25, -0.2) is 4.79 Å². The smallest absolute Gasteiger partial charge is 0.340 e. The quantitative estimate of drug-likeness (QED) is 0.137. The lowest BCUT2D eigenvalue weighted by Crippen LogP contribution is -2.00. The van der Waals surface area contributed by atoms with Crippen molar-refractivity contribution >= 4 is 57.2 Å². The topological polar surface area (TPSA) is 162 Å². The predicted octanol–water partition coefficient (Wildman–Crippen LogP) is 10.6. The van der Waals surface area contributed by atoms with E-state index in [1.807, 2.05) is 54.6 Å². The Morgan fingerprint density at radius 1 is 0.476 bits per heavy atom. The fourth-order valence-corrected chi connectivity index (χ4v) is 3.65. The van der Waals surface area contributed by atoms with Crippen LogP contribution in [0.2, 0.25) is 0 Å². The summed E-state index contributed by atoms with van der Waals surface area (Å²) in [6.07, 6.45) is 0. The van der Waals surface area contributed by atoms with Gasteiger partial charge in [0, 0.05) is 0 Å². The molecule has 0 fully saturated rings. The molecule has 3 N–H and O–H groups in total. The van der Waals surface area contributed by atoms with Crippen LogP contribution in [0, 0.1) is 0 Å². The molecule has 204 valence electrons. The fraction of sp³-hybridized carbons (Fsp3) is 0. The van der Waals surface area contributed by atoms with Gasteiger partial charge in [0.25, 0.3) is 0 Å². The Balaban J connectivity index is 1.51. The summed E-state index contributed by atoms with van der Waals surface area (Å²) in [5.74, 6) is -1.30. The number of aromatic carboxylic acids is 1. The molecule has 0 aliphatic carbocycles. The molecule has 11 heteroatoms. The minimum atomic E-state index is -1.30. The first-order chi connectivity index (χ1) is 20.6. The van der Waals surface area contributed by atoms with Crippen LogP contribution in [-0.4, -0.2) is 11.1 Å². The summed E-state index contributed by atoms with van der Waals surface area (Å²) in [5, 5.41) is 43.8. The molecule has 0 atom stereocenters. The van der Waals surface area contributed by atoms with Gasteiger partial charge in [-0.1, -0.05) is 54.6 Å². The van der Waals surface area contributed by atoms with E-state index in [0.29, 0.717) is 22.7 Å². The molecule has 0 amide bonds. The second-order valence-electron chi connectivity index (χ2n) is 8.68. The number of nitrogens with zero attached hydrogens (tertiary/aromatic N) is 8. The molecule has 0 aromatic heterocycles. The molecule has 0 aliphatic heterocycles. The number of nitrogen functional groups attached to an aromatic ring is 1. The highest BCUT2D eigenvalue weighted by atomic mass is 16.4. The fourth-order valence-electron chi connectivity index (χ4n) is 3.65. The number of carboxylic acid groups (broad SMARTS) is 1. The first-order valence-electron chi connectivity index (χ1n) is 12.7. The molecule has 0 aliphatic rings. The van der Waals surface area contributed by atoms with Crippen molar-refractivity contribution in [3.8, 4) is 0 Å². The zero-order valence-corrected chi connectivity index (χ0v) is 22.1. The van der Waals surface area contributed by atoms with Crippen molar-refractivity contribution in [2.45, 2.75) is 0 Å². The standard InChI is InChI=1S/C31H23N9O2/c32-29-27(39-36-23-14-8-3-9-15-23)20-26(38-35-22-12-6-2-7-13-22)28(31(41)42)30(29)40-37-25-18-16-24(17-19-25)34-33-21-10-4-1-5-11-21/h1-20H,32H2,(H,41,42). The summed E-state index contributed by atoms with van der Waals surface area (Å²) in [7, 11) is 0. The molecule has 5 aromatic rings. The van der Waals surface area contributed by atoms with Crippen molar-refractivity contribution in [1.82, 2.24) is 0 Å². The van der Waals surface area contributed by atoms with Crippen molar-refractivity contribution in [2.75, 3.05) is 5.73 Å². The molecular weight excluding hydrogens is 530 g/mol. The van der Waals surface area contributed by atoms with Gasteiger partial charge in [-0.3, -0.25) is 0 Å². The summed E-state index contributed by atoms with van der Waals surface area (Å²) in [6, 6.07) is 35.5. The Kier molecular flexibility index (Phi) is 8.60. The van der Waals surface area contributed by atoms with Crippen LogP contribution in [0.1, 0.15) is 10.4 Å². The van der Waals surface area contributed by atoms with Gasteiger partial charge >= 0.3 is 5.97 Å². The lowest BCUT2D eigenvalue weighted by Gasteiger charge is -2.09. The van der Waals surface area contributed by atoms with Crippen LogP contribution in [0.5, 0.6) is 0 Å². The van der Waals surface area contributed by atoms with E-state index in [2.05, 4.69) is 40.9 Å². The van der Waals surface area contributed by atoms with Crippen molar-refractivity contribution in [2.24, 2.45) is 40.9 Å². The largest absolute Gasteiger partial charge is 0.478 e. The number of hydrogen-bond acceptors (Lipinski definition) is 10. The number of rotatable bonds is 9. The average molecular weight is 554 g/mol. The van der Waals surface area contributed by atoms with Crippen LogP contribution in [0.15, 0.2) is 162 Å². The summed E-state index contributed by atoms with van der Waals surface area (Å²) in [4.78, 5) is 12.4. The zero-order chi connectivity index (χ0) is 29.1. The molecule has 5 aromatic carbocycles. The van der Waals surface area contributed by atoms with Crippen molar-refractivity contribution < 1.29 is 9.90 Å². The third kappa shape index (κ3) is 7.04. The van der Waals surface area contributed by atoms with Gasteiger partial charge < -0.3 is 10.8 Å². The average Bonchev–Trinajstić information content (AvgIpc) is 3.03. The minimum Gasteiger partial charge on any atom is -0.478 e. The summed E-state index contributed by atoms with van der Waals surface area (Å²) in [6.45, 7) is 0. The second-order valence-corrected chi connectivity index (χ2v) is 8.68. The molecular formula is C31H23N9O2. The van der Waals surface area contributed by atoms with Gasteiger partial charge in [-0.05, 0) is 66.7 Å². The molecule has 11 nitrogen and oxygen atoms in total. The maximum Gasteiger partial charge on any atom is 0.340 e. The van der Waals surface area contributed by atoms with E-state index >= 15 is 0 Å². The lowest BCUT2D eigenvalue weighted by molar-refractivity contribution is 0.0698. The van der Waals surface area contributed by atoms with E-state index in [1.165, 1.54) is 6.07 Å². The van der Waals surface area contributed by atoms with Crippen LogP contribution in [-0.2, 0) is 0 Å². The predicted molar refractivity (Wildman–Crippen MR) is 160 cm³/mol. The number of benzene rings is 5. The summed E-state index contributed by atoms with van der Waals surface area (Å²) in [5.41, 5.74) is 8.99. The van der Waals surface area contributed by atoms with Crippen LogP contribution in [0.3, 0.4) is 0 Å². The summed E-state index contributed by atoms with van der Waals surface area (Å²) >= 11 is 0. The van der Waals surface area contributed by atoms with E-state index in [9.17, 15) is 9.90 Å². The van der Waals surface area contributed by atoms with E-state index in [1.54, 1.807) is 60.7 Å². The maximum atomic E-state index is 12.4. The molecule has 5 rings (SSSR count). The molecule has 0 unspecified atom stereocenters. The van der Waals surface area contributed by atoms with Gasteiger partial charge in [-0.15, -0.1) is 15.3 Å². The Bertz CT molecular complexity index is 1790. The van der Waals surface area contributed by atoms with Gasteiger partial charge in [0.1, 0.15) is 22.6 Å². The monoisotopic (exact) mass is 553 g/mol. The Morgan fingerprint density at radius 3 is 1.26 bits per heavy atom. The number of carboxylic acids is 1. The summed E-state index contributed by atoms with van der Waals surface area (Å²) < 4.78 is 0. The molecule has 0 radical (unpaired) electrons. The molecule has 0 heterocycles. The Morgan fingerprint density at radius 2 is 0.833 bits per heavy atom. The van der Waals surface area contributed by atoms with E-state index in [-0.39, 0.29) is 28.3 Å². The van der Waals surface area contributed by atoms with Gasteiger partial charge in [0.15, 0.2) is 0 Å². The number of nitrogens with two attached hydrogens (primary N) is 1. The molecule has 42 heavy (non-hydrogen) atoms. The van der Waals surface area contributed by atoms with Crippen LogP contribution < -0.4 is 5.73 Å². The highest BCUT2D eigenvalue weighted by Crippen LogP contribution is 2.43. The lowest BCUT2D eigenvalue weighted by atomic mass is 10.1. The Labute approximate surface area is 240 Å². The van der Waals surface area contributed by atoms with Gasteiger partial charge in [0.05, 0.1) is 34.1 Å². The molecule has 0 saturated carbocycles. The first kappa shape index (κ1) is 27.3. The number of hydrogen-bond donors (Lipinski definition) is 2. The van der Waals surface area contributed by atoms with Crippen molar-refractivity contribution in [3.05, 3.63) is 127 Å².